The summed E-state index contributed by atoms with van der Waals surface area (Å²) in [4.78, 5) is 36.4. The maximum Gasteiger partial charge on any atom is 0.341 e. The lowest BCUT2D eigenvalue weighted by molar-refractivity contribution is -0.118. The van der Waals surface area contributed by atoms with E-state index in [4.69, 9.17) is 9.47 Å². The second-order valence-corrected chi connectivity index (χ2v) is 7.62. The Morgan fingerprint density at radius 2 is 1.79 bits per heavy atom. The summed E-state index contributed by atoms with van der Waals surface area (Å²) in [6, 6.07) is 7.29. The van der Waals surface area contributed by atoms with Gasteiger partial charge < -0.3 is 19.6 Å². The highest BCUT2D eigenvalue weighted by atomic mass is 32.1. The zero-order valence-corrected chi connectivity index (χ0v) is 17.4. The van der Waals surface area contributed by atoms with Crippen molar-refractivity contribution in [2.75, 3.05) is 18.5 Å². The summed E-state index contributed by atoms with van der Waals surface area (Å²) in [6.07, 6.45) is 1.19. The minimum absolute atomic E-state index is 0.151. The molecular weight excluding hydrogens is 378 g/mol. The standard InChI is InChI=1S/C21H25NO5S/c1-5-26-21(25)19-14(3)15(4)28-20(19)22-18(24)12-27-17-10-8-16(9-11-17)7-6-13(2)23/h8-11H,5-7,12H2,1-4H3,(H,22,24). The topological polar surface area (TPSA) is 81.7 Å². The fourth-order valence-corrected chi connectivity index (χ4v) is 3.61. The number of aryl methyl sites for hydroxylation is 2. The average molecular weight is 404 g/mol. The number of carbonyl (C=O) groups is 3. The molecule has 2 rings (SSSR count). The molecule has 0 unspecified atom stereocenters. The number of thiophene rings is 1. The Balaban J connectivity index is 1.95. The molecule has 0 aliphatic carbocycles. The molecule has 150 valence electrons. The van der Waals surface area contributed by atoms with Crippen LogP contribution in [0.15, 0.2) is 24.3 Å². The van der Waals surface area contributed by atoms with Crippen LogP contribution in [0.5, 0.6) is 5.75 Å². The van der Waals surface area contributed by atoms with Crippen molar-refractivity contribution >= 4 is 34.0 Å². The number of anilines is 1. The summed E-state index contributed by atoms with van der Waals surface area (Å²) >= 11 is 1.34. The van der Waals surface area contributed by atoms with E-state index < -0.39 is 5.97 Å². The van der Waals surface area contributed by atoms with Gasteiger partial charge in [0.2, 0.25) is 0 Å². The largest absolute Gasteiger partial charge is 0.484 e. The van der Waals surface area contributed by atoms with Gasteiger partial charge in [0, 0.05) is 11.3 Å². The average Bonchev–Trinajstić information content (AvgIpc) is 2.92. The van der Waals surface area contributed by atoms with Crippen LogP contribution in [0.3, 0.4) is 0 Å². The van der Waals surface area contributed by atoms with E-state index in [0.717, 1.165) is 16.0 Å². The smallest absolute Gasteiger partial charge is 0.341 e. The molecule has 0 atom stereocenters. The van der Waals surface area contributed by atoms with Gasteiger partial charge in [-0.3, -0.25) is 4.79 Å². The molecule has 0 saturated carbocycles. The van der Waals surface area contributed by atoms with Crippen molar-refractivity contribution in [2.45, 2.75) is 40.5 Å². The van der Waals surface area contributed by atoms with Crippen LogP contribution in [-0.4, -0.2) is 30.9 Å². The summed E-state index contributed by atoms with van der Waals surface area (Å²) in [5, 5.41) is 3.22. The van der Waals surface area contributed by atoms with Gasteiger partial charge >= 0.3 is 5.97 Å². The molecule has 28 heavy (non-hydrogen) atoms. The molecule has 1 aromatic carbocycles. The van der Waals surface area contributed by atoms with Crippen molar-refractivity contribution in [1.29, 1.82) is 0 Å². The number of ether oxygens (including phenoxy) is 2. The number of rotatable bonds is 9. The first kappa shape index (κ1) is 21.6. The lowest BCUT2D eigenvalue weighted by atomic mass is 10.1. The number of hydrogen-bond acceptors (Lipinski definition) is 6. The normalized spacial score (nSPS) is 10.4. The molecule has 2 aromatic rings. The summed E-state index contributed by atoms with van der Waals surface area (Å²) < 4.78 is 10.6. The van der Waals surface area contributed by atoms with Crippen LogP contribution >= 0.6 is 11.3 Å². The number of benzene rings is 1. The van der Waals surface area contributed by atoms with Gasteiger partial charge in [-0.2, -0.15) is 0 Å². The molecule has 1 aromatic heterocycles. The molecule has 0 radical (unpaired) electrons. The first-order valence-corrected chi connectivity index (χ1v) is 9.91. The SMILES string of the molecule is CCOC(=O)c1c(NC(=O)COc2ccc(CCC(C)=O)cc2)sc(C)c1C. The Labute approximate surface area is 168 Å². The van der Waals surface area contributed by atoms with Gasteiger partial charge in [-0.05, 0) is 57.4 Å². The Bertz CT molecular complexity index is 854. The summed E-state index contributed by atoms with van der Waals surface area (Å²) in [5.41, 5.74) is 2.24. The fourth-order valence-electron chi connectivity index (χ4n) is 2.55. The van der Waals surface area contributed by atoms with Crippen LogP contribution in [0.2, 0.25) is 0 Å². The molecule has 1 heterocycles. The summed E-state index contributed by atoms with van der Waals surface area (Å²) in [7, 11) is 0. The maximum absolute atomic E-state index is 12.3. The molecule has 1 N–H and O–H groups in total. The number of Topliss-reactive ketones (excluding diaryl/α,β-unsaturated/α-hetero) is 1. The minimum atomic E-state index is -0.443. The fraction of sp³-hybridized carbons (Fsp3) is 0.381. The van der Waals surface area contributed by atoms with Crippen molar-refractivity contribution in [3.05, 3.63) is 45.8 Å². The van der Waals surface area contributed by atoms with Crippen LogP contribution in [-0.2, 0) is 20.7 Å². The van der Waals surface area contributed by atoms with E-state index >= 15 is 0 Å². The van der Waals surface area contributed by atoms with Crippen molar-refractivity contribution in [2.24, 2.45) is 0 Å². The van der Waals surface area contributed by atoms with Gasteiger partial charge in [-0.1, -0.05) is 12.1 Å². The van der Waals surface area contributed by atoms with E-state index in [-0.39, 0.29) is 24.9 Å². The Kier molecular flexibility index (Phi) is 7.75. The van der Waals surface area contributed by atoms with Crippen molar-refractivity contribution in [3.63, 3.8) is 0 Å². The van der Waals surface area contributed by atoms with Gasteiger partial charge in [-0.15, -0.1) is 11.3 Å². The van der Waals surface area contributed by atoms with Gasteiger partial charge in [-0.25, -0.2) is 4.79 Å². The highest BCUT2D eigenvalue weighted by Crippen LogP contribution is 2.33. The van der Waals surface area contributed by atoms with Crippen LogP contribution < -0.4 is 10.1 Å². The second kappa shape index (κ2) is 10.0. The highest BCUT2D eigenvalue weighted by molar-refractivity contribution is 7.16. The predicted octanol–water partition coefficient (Wildman–Crippen LogP) is 4.08. The van der Waals surface area contributed by atoms with E-state index in [1.165, 1.54) is 11.3 Å². The Hall–Kier alpha value is -2.67. The van der Waals surface area contributed by atoms with E-state index in [9.17, 15) is 14.4 Å². The van der Waals surface area contributed by atoms with Crippen LogP contribution in [0, 0.1) is 13.8 Å². The van der Waals surface area contributed by atoms with Gasteiger partial charge in [0.15, 0.2) is 6.61 Å². The monoisotopic (exact) mass is 403 g/mol. The summed E-state index contributed by atoms with van der Waals surface area (Å²) in [6.45, 7) is 7.13. The zero-order valence-electron chi connectivity index (χ0n) is 16.6. The van der Waals surface area contributed by atoms with Gasteiger partial charge in [0.1, 0.15) is 16.5 Å². The number of nitrogens with one attached hydrogen (secondary N) is 1. The molecule has 1 amide bonds. The number of esters is 1. The van der Waals surface area contributed by atoms with Crippen molar-refractivity contribution in [1.82, 2.24) is 0 Å². The number of hydrogen-bond donors (Lipinski definition) is 1. The third-order valence-corrected chi connectivity index (χ3v) is 5.30. The highest BCUT2D eigenvalue weighted by Gasteiger charge is 2.22. The number of amides is 1. The molecule has 0 bridgehead atoms. The Morgan fingerprint density at radius 1 is 1.11 bits per heavy atom. The van der Waals surface area contributed by atoms with Crippen molar-refractivity contribution in [3.8, 4) is 5.75 Å². The van der Waals surface area contributed by atoms with Gasteiger partial charge in [0.25, 0.3) is 5.91 Å². The molecule has 0 fully saturated rings. The van der Waals surface area contributed by atoms with Crippen LogP contribution in [0.4, 0.5) is 5.00 Å². The quantitative estimate of drug-likeness (QED) is 0.638. The third-order valence-electron chi connectivity index (χ3n) is 4.18. The minimum Gasteiger partial charge on any atom is -0.484 e. The lowest BCUT2D eigenvalue weighted by Crippen LogP contribution is -2.21. The second-order valence-electron chi connectivity index (χ2n) is 6.39. The maximum atomic E-state index is 12.3. The molecule has 6 nitrogen and oxygen atoms in total. The summed E-state index contributed by atoms with van der Waals surface area (Å²) in [5.74, 6) is -0.0849. The van der Waals surface area contributed by atoms with Gasteiger partial charge in [0.05, 0.1) is 12.2 Å². The molecule has 7 heteroatoms. The first-order chi connectivity index (χ1) is 13.3. The number of carbonyl (C=O) groups excluding carboxylic acids is 3. The zero-order chi connectivity index (χ0) is 20.7. The molecule has 0 aliphatic heterocycles. The van der Waals surface area contributed by atoms with E-state index in [1.54, 1.807) is 26.0 Å². The third kappa shape index (κ3) is 5.92. The molecule has 0 aliphatic rings. The Morgan fingerprint density at radius 3 is 2.39 bits per heavy atom. The molecular formula is C21H25NO5S. The first-order valence-electron chi connectivity index (χ1n) is 9.10. The van der Waals surface area contributed by atoms with Crippen LogP contribution in [0.25, 0.3) is 0 Å². The molecule has 0 spiro atoms. The van der Waals surface area contributed by atoms with E-state index in [2.05, 4.69) is 5.32 Å². The predicted molar refractivity (Wildman–Crippen MR) is 109 cm³/mol. The van der Waals surface area contributed by atoms with Crippen molar-refractivity contribution < 1.29 is 23.9 Å². The van der Waals surface area contributed by atoms with Crippen LogP contribution in [0.1, 0.15) is 46.6 Å². The lowest BCUT2D eigenvalue weighted by Gasteiger charge is -2.09. The van der Waals surface area contributed by atoms with E-state index in [1.807, 2.05) is 26.0 Å². The number of ketones is 1. The molecule has 0 saturated heterocycles. The van der Waals surface area contributed by atoms with E-state index in [0.29, 0.717) is 29.2 Å².